The summed E-state index contributed by atoms with van der Waals surface area (Å²) in [6, 6.07) is 17.6. The molecule has 9 nitrogen and oxygen atoms in total. The van der Waals surface area contributed by atoms with E-state index in [2.05, 4.69) is 0 Å². The molecule has 4 rings (SSSR count). The van der Waals surface area contributed by atoms with Crippen LogP contribution in [0.4, 0.5) is 0 Å². The molecule has 5 atom stereocenters. The molecule has 2 heterocycles. The van der Waals surface area contributed by atoms with Gasteiger partial charge in [0.05, 0.1) is 33.5 Å². The average molecular weight is 611 g/mol. The van der Waals surface area contributed by atoms with Gasteiger partial charge in [-0.05, 0) is 69.4 Å². The molecule has 0 N–H and O–H groups in total. The van der Waals surface area contributed by atoms with Crippen LogP contribution in [0.25, 0.3) is 0 Å². The summed E-state index contributed by atoms with van der Waals surface area (Å²) in [5.74, 6) is -0.631. The van der Waals surface area contributed by atoms with Gasteiger partial charge in [0, 0.05) is 12.7 Å². The highest BCUT2D eigenvalue weighted by atomic mass is 16.8. The highest BCUT2D eigenvalue weighted by molar-refractivity contribution is 5.81. The number of hydrogen-bond acceptors (Lipinski definition) is 9. The number of carbonyl (C=O) groups is 1. The number of carbonyl (C=O) groups excluding carboxylic acids is 1. The first-order valence-corrected chi connectivity index (χ1v) is 15.4. The lowest BCUT2D eigenvalue weighted by Gasteiger charge is -2.29. The Kier molecular flexibility index (Phi) is 13.4. The van der Waals surface area contributed by atoms with Gasteiger partial charge in [-0.1, -0.05) is 54.6 Å². The Hall–Kier alpha value is -3.05. The molecule has 2 fully saturated rings. The van der Waals surface area contributed by atoms with Gasteiger partial charge in [-0.15, -0.1) is 0 Å². The topological polar surface area (TPSA) is 90.9 Å². The van der Waals surface area contributed by atoms with Crippen molar-refractivity contribution in [3.63, 3.8) is 0 Å². The van der Waals surface area contributed by atoms with Crippen molar-refractivity contribution in [2.24, 2.45) is 0 Å². The molecule has 0 bridgehead atoms. The molecule has 2 aliphatic rings. The highest BCUT2D eigenvalue weighted by Crippen LogP contribution is 2.35. The molecule has 2 saturated heterocycles. The third-order valence-electron chi connectivity index (χ3n) is 7.25. The smallest absolute Gasteiger partial charge is 0.330 e. The van der Waals surface area contributed by atoms with Crippen LogP contribution in [0.1, 0.15) is 51.2 Å². The van der Waals surface area contributed by atoms with Crippen molar-refractivity contribution < 1.29 is 42.7 Å². The molecule has 2 aromatic carbocycles. The van der Waals surface area contributed by atoms with E-state index in [1.165, 1.54) is 6.08 Å². The lowest BCUT2D eigenvalue weighted by Crippen LogP contribution is -2.43. The van der Waals surface area contributed by atoms with Gasteiger partial charge in [-0.2, -0.15) is 0 Å². The number of hydrogen-bond donors (Lipinski definition) is 0. The number of methoxy groups -OCH3 is 1. The fourth-order valence-corrected chi connectivity index (χ4v) is 5.09. The predicted octanol–water partition coefficient (Wildman–Crippen LogP) is 5.90. The van der Waals surface area contributed by atoms with E-state index in [-0.39, 0.29) is 19.5 Å². The van der Waals surface area contributed by atoms with Crippen LogP contribution in [-0.4, -0.2) is 69.4 Å². The third-order valence-corrected chi connectivity index (χ3v) is 7.25. The molecule has 0 aliphatic carbocycles. The molecule has 0 amide bonds. The molecule has 0 spiro atoms. The van der Waals surface area contributed by atoms with Crippen molar-refractivity contribution in [2.45, 2.75) is 89.7 Å². The summed E-state index contributed by atoms with van der Waals surface area (Å²) in [5.41, 5.74) is 1.97. The lowest BCUT2D eigenvalue weighted by molar-refractivity contribution is -0.162. The monoisotopic (exact) mass is 610 g/mol. The van der Waals surface area contributed by atoms with Crippen LogP contribution in [0.15, 0.2) is 78.9 Å². The molecule has 0 aromatic heterocycles. The van der Waals surface area contributed by atoms with E-state index in [0.29, 0.717) is 13.2 Å². The predicted molar refractivity (Wildman–Crippen MR) is 165 cm³/mol. The van der Waals surface area contributed by atoms with Crippen LogP contribution in [0, 0.1) is 0 Å². The second kappa shape index (κ2) is 17.4. The van der Waals surface area contributed by atoms with Crippen LogP contribution in [0.5, 0.6) is 5.75 Å². The zero-order valence-electron chi connectivity index (χ0n) is 26.2. The summed E-state index contributed by atoms with van der Waals surface area (Å²) in [5, 5.41) is 0. The van der Waals surface area contributed by atoms with Crippen molar-refractivity contribution in [3.8, 4) is 5.75 Å². The molecular formula is C35H46O9. The normalized spacial score (nSPS) is 23.1. The van der Waals surface area contributed by atoms with E-state index in [9.17, 15) is 4.79 Å². The first-order chi connectivity index (χ1) is 21.4. The first-order valence-electron chi connectivity index (χ1n) is 15.4. The molecule has 240 valence electrons. The maximum Gasteiger partial charge on any atom is 0.330 e. The van der Waals surface area contributed by atoms with Gasteiger partial charge in [0.25, 0.3) is 0 Å². The fourth-order valence-electron chi connectivity index (χ4n) is 5.09. The Balaban J connectivity index is 1.55. The SMILES string of the molecule is CCOC(=O)/C=C\[C@@H](OCc1ccc(OC)cc1)[C@@H]1OC(C)(C)O[C@@H]1[C@H](/C=C/COC1CCCCO1)OCc1ccccc1. The molecule has 1 unspecified atom stereocenters. The van der Waals surface area contributed by atoms with Gasteiger partial charge >= 0.3 is 5.97 Å². The molecule has 2 aromatic rings. The van der Waals surface area contributed by atoms with Crippen LogP contribution in [0.3, 0.4) is 0 Å². The van der Waals surface area contributed by atoms with Crippen molar-refractivity contribution in [2.75, 3.05) is 26.9 Å². The van der Waals surface area contributed by atoms with Gasteiger partial charge in [-0.25, -0.2) is 4.79 Å². The lowest BCUT2D eigenvalue weighted by atomic mass is 10.0. The minimum Gasteiger partial charge on any atom is -0.497 e. The standard InChI is InChI=1S/C35H46O9/c1-5-38-31(36)21-20-30(42-25-27-16-18-28(37-4)19-17-27)34-33(43-35(2,3)44-34)29(41-24-26-12-7-6-8-13-26)14-11-23-40-32-15-9-10-22-39-32/h6-8,11-14,16-21,29-30,32-34H,5,9-10,15,22-25H2,1-4H3/b14-11+,21-20-/t29-,30+,32?,33+,34-/m0/s1. The fraction of sp³-hybridized carbons (Fsp3) is 0.514. The van der Waals surface area contributed by atoms with Crippen LogP contribution < -0.4 is 4.74 Å². The first kappa shape index (κ1) is 33.8. The largest absolute Gasteiger partial charge is 0.497 e. The summed E-state index contributed by atoms with van der Waals surface area (Å²) in [6.07, 6.45) is 7.43. The van der Waals surface area contributed by atoms with Crippen molar-refractivity contribution in [1.82, 2.24) is 0 Å². The van der Waals surface area contributed by atoms with Crippen LogP contribution >= 0.6 is 0 Å². The Morgan fingerprint density at radius 1 is 0.932 bits per heavy atom. The van der Waals surface area contributed by atoms with Gasteiger partial charge in [-0.3, -0.25) is 0 Å². The maximum absolute atomic E-state index is 12.3. The number of ether oxygens (including phenoxy) is 8. The van der Waals surface area contributed by atoms with Crippen LogP contribution in [-0.2, 0) is 51.2 Å². The minimum absolute atomic E-state index is 0.196. The molecule has 0 radical (unpaired) electrons. The summed E-state index contributed by atoms with van der Waals surface area (Å²) in [7, 11) is 1.63. The Labute approximate surface area is 261 Å². The Bertz CT molecular complexity index is 1170. The van der Waals surface area contributed by atoms with Gasteiger partial charge < -0.3 is 37.9 Å². The van der Waals surface area contributed by atoms with Crippen LogP contribution in [0.2, 0.25) is 0 Å². The number of esters is 1. The van der Waals surface area contributed by atoms with E-state index in [1.807, 2.05) is 80.6 Å². The highest BCUT2D eigenvalue weighted by Gasteiger charge is 2.48. The van der Waals surface area contributed by atoms with E-state index < -0.39 is 36.2 Å². The summed E-state index contributed by atoms with van der Waals surface area (Å²) in [6.45, 7) is 7.49. The van der Waals surface area contributed by atoms with Gasteiger partial charge in [0.15, 0.2) is 12.1 Å². The Morgan fingerprint density at radius 3 is 2.20 bits per heavy atom. The van der Waals surface area contributed by atoms with E-state index in [0.717, 1.165) is 42.7 Å². The summed E-state index contributed by atoms with van der Waals surface area (Å²) in [4.78, 5) is 12.3. The molecule has 9 heteroatoms. The van der Waals surface area contributed by atoms with E-state index >= 15 is 0 Å². The summed E-state index contributed by atoms with van der Waals surface area (Å²) < 4.78 is 47.8. The van der Waals surface area contributed by atoms with Crippen molar-refractivity contribution >= 4 is 5.97 Å². The molecular weight excluding hydrogens is 564 g/mol. The van der Waals surface area contributed by atoms with Gasteiger partial charge in [0.1, 0.15) is 30.2 Å². The third kappa shape index (κ3) is 10.8. The number of benzene rings is 2. The van der Waals surface area contributed by atoms with Gasteiger partial charge in [0.2, 0.25) is 0 Å². The van der Waals surface area contributed by atoms with E-state index in [1.54, 1.807) is 20.1 Å². The van der Waals surface area contributed by atoms with E-state index in [4.69, 9.17) is 37.9 Å². The maximum atomic E-state index is 12.3. The summed E-state index contributed by atoms with van der Waals surface area (Å²) >= 11 is 0. The molecule has 0 saturated carbocycles. The Morgan fingerprint density at radius 2 is 1.59 bits per heavy atom. The minimum atomic E-state index is -0.927. The molecule has 44 heavy (non-hydrogen) atoms. The molecule has 2 aliphatic heterocycles. The van der Waals surface area contributed by atoms with Crippen molar-refractivity contribution in [3.05, 3.63) is 90.0 Å². The second-order valence-corrected chi connectivity index (χ2v) is 11.1. The zero-order valence-corrected chi connectivity index (χ0v) is 26.2. The average Bonchev–Trinajstić information content (AvgIpc) is 3.36. The van der Waals surface area contributed by atoms with Crippen molar-refractivity contribution in [1.29, 1.82) is 0 Å². The number of rotatable bonds is 16. The quantitative estimate of drug-likeness (QED) is 0.131. The zero-order chi connectivity index (χ0) is 31.2. The second-order valence-electron chi connectivity index (χ2n) is 11.1.